The van der Waals surface area contributed by atoms with Crippen molar-refractivity contribution in [1.82, 2.24) is 10.6 Å². The molecule has 1 rings (SSSR count). The van der Waals surface area contributed by atoms with E-state index in [-0.39, 0.29) is 18.0 Å². The molecule has 2 N–H and O–H groups in total. The highest BCUT2D eigenvalue weighted by Crippen LogP contribution is 2.06. The lowest BCUT2D eigenvalue weighted by Gasteiger charge is -2.10. The van der Waals surface area contributed by atoms with Gasteiger partial charge in [0.2, 0.25) is 0 Å². The van der Waals surface area contributed by atoms with E-state index in [9.17, 15) is 9.59 Å². The summed E-state index contributed by atoms with van der Waals surface area (Å²) in [4.78, 5) is 23.2. The zero-order chi connectivity index (χ0) is 15.7. The summed E-state index contributed by atoms with van der Waals surface area (Å²) in [5.41, 5.74) is 1.46. The molecule has 0 aliphatic heterocycles. The van der Waals surface area contributed by atoms with Gasteiger partial charge in [-0.05, 0) is 38.0 Å². The molecule has 21 heavy (non-hydrogen) atoms. The molecule has 0 unspecified atom stereocenters. The topological polar surface area (TPSA) is 67.4 Å². The van der Waals surface area contributed by atoms with Gasteiger partial charge in [-0.15, -0.1) is 0 Å². The zero-order valence-electron chi connectivity index (χ0n) is 12.9. The first-order chi connectivity index (χ1) is 10.0. The highest BCUT2D eigenvalue weighted by atomic mass is 16.5. The average molecular weight is 292 g/mol. The monoisotopic (exact) mass is 292 g/mol. The molecule has 0 aliphatic carbocycles. The van der Waals surface area contributed by atoms with E-state index in [1.807, 2.05) is 32.9 Å². The summed E-state index contributed by atoms with van der Waals surface area (Å²) in [6.07, 6.45) is 1.87. The molecule has 0 saturated heterocycles. The first kappa shape index (κ1) is 17.0. The van der Waals surface area contributed by atoms with Crippen LogP contribution in [0.15, 0.2) is 24.3 Å². The van der Waals surface area contributed by atoms with Gasteiger partial charge in [-0.1, -0.05) is 25.5 Å². The Morgan fingerprint density at radius 2 is 1.86 bits per heavy atom. The van der Waals surface area contributed by atoms with Crippen LogP contribution >= 0.6 is 0 Å². The van der Waals surface area contributed by atoms with Gasteiger partial charge in [-0.25, -0.2) is 9.59 Å². The van der Waals surface area contributed by atoms with Gasteiger partial charge in [-0.2, -0.15) is 0 Å². The second-order valence-electron chi connectivity index (χ2n) is 5.17. The van der Waals surface area contributed by atoms with Crippen LogP contribution in [0.4, 0.5) is 4.79 Å². The van der Waals surface area contributed by atoms with Crippen LogP contribution in [0.5, 0.6) is 0 Å². The molecule has 0 aliphatic rings. The second kappa shape index (κ2) is 9.00. The van der Waals surface area contributed by atoms with Crippen molar-refractivity contribution in [1.29, 1.82) is 0 Å². The Balaban J connectivity index is 2.43. The van der Waals surface area contributed by atoms with Crippen molar-refractivity contribution in [2.24, 2.45) is 0 Å². The van der Waals surface area contributed by atoms with E-state index in [0.717, 1.165) is 18.4 Å². The minimum absolute atomic E-state index is 0.102. The standard InChI is InChI=1S/C16H24N2O3/c1-4-5-10-21-15(19)14-8-6-13(7-9-14)11-17-16(20)18-12(2)3/h6-9,12H,4-5,10-11H2,1-3H3,(H2,17,18,20). The lowest BCUT2D eigenvalue weighted by molar-refractivity contribution is 0.0499. The van der Waals surface area contributed by atoms with Crippen LogP contribution in [0.1, 0.15) is 49.5 Å². The highest BCUT2D eigenvalue weighted by molar-refractivity contribution is 5.89. The molecular weight excluding hydrogens is 268 g/mol. The second-order valence-corrected chi connectivity index (χ2v) is 5.17. The van der Waals surface area contributed by atoms with Crippen LogP contribution in [-0.4, -0.2) is 24.6 Å². The molecular formula is C16H24N2O3. The SMILES string of the molecule is CCCCOC(=O)c1ccc(CNC(=O)NC(C)C)cc1. The van der Waals surface area contributed by atoms with Gasteiger partial charge in [0.25, 0.3) is 0 Å². The molecule has 0 heterocycles. The Kier molecular flexibility index (Phi) is 7.29. The summed E-state index contributed by atoms with van der Waals surface area (Å²) >= 11 is 0. The molecule has 0 atom stereocenters. The predicted octanol–water partition coefficient (Wildman–Crippen LogP) is 2.85. The van der Waals surface area contributed by atoms with E-state index < -0.39 is 0 Å². The summed E-state index contributed by atoms with van der Waals surface area (Å²) in [5.74, 6) is -0.305. The van der Waals surface area contributed by atoms with Crippen LogP contribution in [0.2, 0.25) is 0 Å². The van der Waals surface area contributed by atoms with Crippen LogP contribution in [-0.2, 0) is 11.3 Å². The number of benzene rings is 1. The molecule has 0 fully saturated rings. The fraction of sp³-hybridized carbons (Fsp3) is 0.500. The van der Waals surface area contributed by atoms with Crippen molar-refractivity contribution < 1.29 is 14.3 Å². The number of unbranched alkanes of at least 4 members (excludes halogenated alkanes) is 1. The molecule has 1 aromatic carbocycles. The van der Waals surface area contributed by atoms with Crippen molar-refractivity contribution in [2.75, 3.05) is 6.61 Å². The maximum absolute atomic E-state index is 11.7. The van der Waals surface area contributed by atoms with Crippen molar-refractivity contribution >= 4 is 12.0 Å². The first-order valence-corrected chi connectivity index (χ1v) is 7.33. The minimum atomic E-state index is -0.305. The maximum atomic E-state index is 11.7. The third-order valence-corrected chi connectivity index (χ3v) is 2.79. The zero-order valence-corrected chi connectivity index (χ0v) is 12.9. The molecule has 116 valence electrons. The van der Waals surface area contributed by atoms with Crippen molar-refractivity contribution in [2.45, 2.75) is 46.2 Å². The van der Waals surface area contributed by atoms with E-state index in [4.69, 9.17) is 4.74 Å². The molecule has 2 amide bonds. The van der Waals surface area contributed by atoms with E-state index in [2.05, 4.69) is 10.6 Å². The molecule has 0 radical (unpaired) electrons. The van der Waals surface area contributed by atoms with Crippen LogP contribution < -0.4 is 10.6 Å². The van der Waals surface area contributed by atoms with Crippen molar-refractivity contribution in [3.8, 4) is 0 Å². The number of rotatable bonds is 7. The molecule has 0 saturated carbocycles. The number of carbonyl (C=O) groups excluding carboxylic acids is 2. The van der Waals surface area contributed by atoms with E-state index in [0.29, 0.717) is 18.7 Å². The normalized spacial score (nSPS) is 10.3. The Hall–Kier alpha value is -2.04. The number of hydrogen-bond acceptors (Lipinski definition) is 3. The van der Waals surface area contributed by atoms with Crippen LogP contribution in [0, 0.1) is 0 Å². The van der Waals surface area contributed by atoms with Gasteiger partial charge in [-0.3, -0.25) is 0 Å². The van der Waals surface area contributed by atoms with Gasteiger partial charge in [0.1, 0.15) is 0 Å². The number of carbonyl (C=O) groups is 2. The molecule has 0 aromatic heterocycles. The smallest absolute Gasteiger partial charge is 0.338 e. The Bertz CT molecular complexity index is 455. The average Bonchev–Trinajstić information content (AvgIpc) is 2.45. The molecule has 5 nitrogen and oxygen atoms in total. The van der Waals surface area contributed by atoms with E-state index in [1.165, 1.54) is 0 Å². The van der Waals surface area contributed by atoms with Crippen LogP contribution in [0.25, 0.3) is 0 Å². The third kappa shape index (κ3) is 6.79. The number of ether oxygens (including phenoxy) is 1. The summed E-state index contributed by atoms with van der Waals surface area (Å²) in [6.45, 7) is 6.72. The van der Waals surface area contributed by atoms with Crippen molar-refractivity contribution in [3.63, 3.8) is 0 Å². The minimum Gasteiger partial charge on any atom is -0.462 e. The Labute approximate surface area is 126 Å². The Morgan fingerprint density at radius 3 is 2.43 bits per heavy atom. The lowest BCUT2D eigenvalue weighted by atomic mass is 10.1. The fourth-order valence-electron chi connectivity index (χ4n) is 1.65. The summed E-state index contributed by atoms with van der Waals surface area (Å²) in [6, 6.07) is 6.95. The maximum Gasteiger partial charge on any atom is 0.338 e. The van der Waals surface area contributed by atoms with Crippen molar-refractivity contribution in [3.05, 3.63) is 35.4 Å². The largest absolute Gasteiger partial charge is 0.462 e. The number of nitrogens with one attached hydrogen (secondary N) is 2. The lowest BCUT2D eigenvalue weighted by Crippen LogP contribution is -2.39. The number of amides is 2. The quantitative estimate of drug-likeness (QED) is 0.600. The molecule has 0 spiro atoms. The third-order valence-electron chi connectivity index (χ3n) is 2.79. The van der Waals surface area contributed by atoms with Gasteiger partial charge in [0.05, 0.1) is 12.2 Å². The highest BCUT2D eigenvalue weighted by Gasteiger charge is 2.07. The summed E-state index contributed by atoms with van der Waals surface area (Å²) in [5, 5.41) is 5.50. The molecule has 1 aromatic rings. The number of hydrogen-bond donors (Lipinski definition) is 2. The molecule has 0 bridgehead atoms. The van der Waals surface area contributed by atoms with Gasteiger partial charge in [0.15, 0.2) is 0 Å². The predicted molar refractivity (Wildman–Crippen MR) is 82.1 cm³/mol. The first-order valence-electron chi connectivity index (χ1n) is 7.33. The van der Waals surface area contributed by atoms with E-state index in [1.54, 1.807) is 12.1 Å². The summed E-state index contributed by atoms with van der Waals surface area (Å²) in [7, 11) is 0. The molecule has 5 heteroatoms. The van der Waals surface area contributed by atoms with Gasteiger partial charge < -0.3 is 15.4 Å². The Morgan fingerprint density at radius 1 is 1.19 bits per heavy atom. The van der Waals surface area contributed by atoms with Gasteiger partial charge in [0, 0.05) is 12.6 Å². The fourth-order valence-corrected chi connectivity index (χ4v) is 1.65. The number of urea groups is 1. The van der Waals surface area contributed by atoms with Crippen LogP contribution in [0.3, 0.4) is 0 Å². The van der Waals surface area contributed by atoms with E-state index >= 15 is 0 Å². The van der Waals surface area contributed by atoms with Gasteiger partial charge >= 0.3 is 12.0 Å². The summed E-state index contributed by atoms with van der Waals surface area (Å²) < 4.78 is 5.13. The number of esters is 1.